The monoisotopic (exact) mass is 470 g/mol. The lowest BCUT2D eigenvalue weighted by Gasteiger charge is -2.34. The third-order valence-electron chi connectivity index (χ3n) is 6.59. The number of phenols is 2. The molecule has 8 nitrogen and oxygen atoms in total. The molecule has 5 rings (SSSR count). The second-order valence-electron chi connectivity index (χ2n) is 9.31. The lowest BCUT2D eigenvalue weighted by molar-refractivity contribution is 0.313. The number of hydrogen-bond donors (Lipinski definition) is 2. The van der Waals surface area contributed by atoms with Gasteiger partial charge < -0.3 is 20.0 Å². The number of pyridine rings is 1. The highest BCUT2D eigenvalue weighted by molar-refractivity contribution is 5.73. The summed E-state index contributed by atoms with van der Waals surface area (Å²) < 4.78 is 1.94. The molecule has 0 bridgehead atoms. The van der Waals surface area contributed by atoms with Crippen molar-refractivity contribution in [2.45, 2.75) is 19.8 Å². The molecule has 2 aromatic carbocycles. The summed E-state index contributed by atoms with van der Waals surface area (Å²) in [6.45, 7) is 8.08. The fourth-order valence-electron chi connectivity index (χ4n) is 4.50. The van der Waals surface area contributed by atoms with Crippen molar-refractivity contribution in [3.8, 4) is 40.0 Å². The minimum atomic E-state index is -0.0455. The molecule has 0 spiro atoms. The topological polar surface area (TPSA) is 90.5 Å². The number of likely N-dealkylation sites (N-methyl/N-ethyl adjacent to an activating group) is 1. The number of aromatic hydroxyl groups is 2. The SMILES string of the molecule is CC(C)c1cc(-c2nnc(-c3ccncc3)n2-c2ccc(N3CCN(C)CC3)cc2)c(O)cc1O. The summed E-state index contributed by atoms with van der Waals surface area (Å²) in [5, 5.41) is 30.1. The molecule has 1 aliphatic heterocycles. The zero-order valence-corrected chi connectivity index (χ0v) is 20.3. The number of anilines is 1. The molecule has 0 aliphatic carbocycles. The molecule has 0 atom stereocenters. The van der Waals surface area contributed by atoms with E-state index >= 15 is 0 Å². The van der Waals surface area contributed by atoms with Crippen LogP contribution in [0.4, 0.5) is 5.69 Å². The Morgan fingerprint density at radius 3 is 2.06 bits per heavy atom. The van der Waals surface area contributed by atoms with E-state index in [0.29, 0.717) is 17.2 Å². The summed E-state index contributed by atoms with van der Waals surface area (Å²) in [7, 11) is 2.15. The first-order valence-electron chi connectivity index (χ1n) is 11.9. The van der Waals surface area contributed by atoms with E-state index in [4.69, 9.17) is 0 Å². The van der Waals surface area contributed by atoms with Crippen molar-refractivity contribution in [2.75, 3.05) is 38.1 Å². The fraction of sp³-hybridized carbons (Fsp3) is 0.296. The third-order valence-corrected chi connectivity index (χ3v) is 6.59. The Bertz CT molecular complexity index is 1310. The van der Waals surface area contributed by atoms with Gasteiger partial charge in [0.25, 0.3) is 0 Å². The van der Waals surface area contributed by atoms with Gasteiger partial charge >= 0.3 is 0 Å². The zero-order valence-electron chi connectivity index (χ0n) is 20.3. The quantitative estimate of drug-likeness (QED) is 0.450. The molecular weight excluding hydrogens is 440 g/mol. The van der Waals surface area contributed by atoms with Crippen molar-refractivity contribution < 1.29 is 10.2 Å². The standard InChI is InChI=1S/C27H30N6O2/c1-18(2)22-16-23(25(35)17-24(22)34)27-30-29-26(19-8-10-28-11-9-19)33(27)21-6-4-20(5-7-21)32-14-12-31(3)13-15-32/h4-11,16-18,34-35H,12-15H2,1-3H3. The highest BCUT2D eigenvalue weighted by atomic mass is 16.3. The van der Waals surface area contributed by atoms with Gasteiger partial charge in [-0.05, 0) is 61.0 Å². The van der Waals surface area contributed by atoms with Crippen molar-refractivity contribution in [3.63, 3.8) is 0 Å². The van der Waals surface area contributed by atoms with Gasteiger partial charge in [-0.3, -0.25) is 9.55 Å². The van der Waals surface area contributed by atoms with E-state index in [0.717, 1.165) is 43.0 Å². The van der Waals surface area contributed by atoms with Crippen LogP contribution in [0.1, 0.15) is 25.3 Å². The predicted molar refractivity (Wildman–Crippen MR) is 137 cm³/mol. The van der Waals surface area contributed by atoms with E-state index in [1.54, 1.807) is 18.5 Å². The Morgan fingerprint density at radius 1 is 0.771 bits per heavy atom. The summed E-state index contributed by atoms with van der Waals surface area (Å²) >= 11 is 0. The van der Waals surface area contributed by atoms with Crippen molar-refractivity contribution >= 4 is 5.69 Å². The lowest BCUT2D eigenvalue weighted by Crippen LogP contribution is -2.44. The summed E-state index contributed by atoms with van der Waals surface area (Å²) in [5.41, 5.74) is 4.18. The highest BCUT2D eigenvalue weighted by Gasteiger charge is 2.22. The first kappa shape index (κ1) is 22.9. The summed E-state index contributed by atoms with van der Waals surface area (Å²) in [4.78, 5) is 8.86. The van der Waals surface area contributed by atoms with E-state index in [1.807, 2.05) is 30.5 Å². The second kappa shape index (κ2) is 9.38. The van der Waals surface area contributed by atoms with Crippen molar-refractivity contribution in [3.05, 3.63) is 66.5 Å². The van der Waals surface area contributed by atoms with Gasteiger partial charge in [-0.2, -0.15) is 0 Å². The Balaban J connectivity index is 1.62. The molecular formula is C27H30N6O2. The van der Waals surface area contributed by atoms with Gasteiger partial charge in [0.2, 0.25) is 0 Å². The van der Waals surface area contributed by atoms with Crippen LogP contribution < -0.4 is 4.90 Å². The van der Waals surface area contributed by atoms with Gasteiger partial charge in [-0.25, -0.2) is 0 Å². The maximum absolute atomic E-state index is 10.8. The first-order valence-corrected chi connectivity index (χ1v) is 11.9. The molecule has 3 heterocycles. The molecule has 1 fully saturated rings. The fourth-order valence-corrected chi connectivity index (χ4v) is 4.50. The Kier molecular flexibility index (Phi) is 6.13. The van der Waals surface area contributed by atoms with Crippen LogP contribution in [0.2, 0.25) is 0 Å². The van der Waals surface area contributed by atoms with Gasteiger partial charge in [-0.15, -0.1) is 10.2 Å². The molecule has 2 N–H and O–H groups in total. The van der Waals surface area contributed by atoms with Crippen LogP contribution in [-0.4, -0.2) is 68.1 Å². The van der Waals surface area contributed by atoms with Crippen LogP contribution in [0.25, 0.3) is 28.5 Å². The van der Waals surface area contributed by atoms with Crippen LogP contribution >= 0.6 is 0 Å². The van der Waals surface area contributed by atoms with Crippen molar-refractivity contribution in [1.82, 2.24) is 24.6 Å². The Hall–Kier alpha value is -3.91. The smallest absolute Gasteiger partial charge is 0.172 e. The lowest BCUT2D eigenvalue weighted by atomic mass is 9.98. The van der Waals surface area contributed by atoms with E-state index in [2.05, 4.69) is 56.3 Å². The van der Waals surface area contributed by atoms with Crippen molar-refractivity contribution in [1.29, 1.82) is 0 Å². The minimum Gasteiger partial charge on any atom is -0.508 e. The normalized spacial score (nSPS) is 14.6. The maximum atomic E-state index is 10.8. The molecule has 1 aliphatic rings. The van der Waals surface area contributed by atoms with Gasteiger partial charge in [0.15, 0.2) is 11.6 Å². The summed E-state index contributed by atoms with van der Waals surface area (Å²) in [6, 6.07) is 15.3. The maximum Gasteiger partial charge on any atom is 0.172 e. The van der Waals surface area contributed by atoms with Gasteiger partial charge in [-0.1, -0.05) is 13.8 Å². The van der Waals surface area contributed by atoms with Crippen molar-refractivity contribution in [2.24, 2.45) is 0 Å². The van der Waals surface area contributed by atoms with E-state index in [-0.39, 0.29) is 17.4 Å². The third kappa shape index (κ3) is 4.44. The Labute approximate surface area is 205 Å². The minimum absolute atomic E-state index is 0.0455. The molecule has 180 valence electrons. The number of nitrogens with zero attached hydrogens (tertiary/aromatic N) is 6. The first-order chi connectivity index (χ1) is 16.9. The van der Waals surface area contributed by atoms with Crippen LogP contribution in [0, 0.1) is 0 Å². The molecule has 0 unspecified atom stereocenters. The van der Waals surface area contributed by atoms with Crippen LogP contribution in [0.15, 0.2) is 60.9 Å². The largest absolute Gasteiger partial charge is 0.508 e. The number of rotatable bonds is 5. The van der Waals surface area contributed by atoms with E-state index in [1.165, 1.54) is 11.8 Å². The number of benzene rings is 2. The zero-order chi connectivity index (χ0) is 24.5. The van der Waals surface area contributed by atoms with Crippen LogP contribution in [-0.2, 0) is 0 Å². The number of hydrogen-bond acceptors (Lipinski definition) is 7. The van der Waals surface area contributed by atoms with Gasteiger partial charge in [0, 0.05) is 61.6 Å². The molecule has 8 heteroatoms. The molecule has 0 radical (unpaired) electrons. The van der Waals surface area contributed by atoms with Gasteiger partial charge in [0.05, 0.1) is 5.56 Å². The highest BCUT2D eigenvalue weighted by Crippen LogP contribution is 2.39. The van der Waals surface area contributed by atoms with E-state index in [9.17, 15) is 10.2 Å². The van der Waals surface area contributed by atoms with E-state index < -0.39 is 0 Å². The second-order valence-corrected chi connectivity index (χ2v) is 9.31. The average Bonchev–Trinajstić information content (AvgIpc) is 3.30. The average molecular weight is 471 g/mol. The molecule has 1 saturated heterocycles. The molecule has 0 saturated carbocycles. The molecule has 4 aromatic rings. The van der Waals surface area contributed by atoms with Crippen LogP contribution in [0.5, 0.6) is 11.5 Å². The van der Waals surface area contributed by atoms with Crippen LogP contribution in [0.3, 0.4) is 0 Å². The molecule has 0 amide bonds. The number of piperazine rings is 1. The summed E-state index contributed by atoms with van der Waals surface area (Å²) in [6.07, 6.45) is 3.44. The predicted octanol–water partition coefficient (Wildman–Crippen LogP) is 4.28. The molecule has 35 heavy (non-hydrogen) atoms. The van der Waals surface area contributed by atoms with Gasteiger partial charge in [0.1, 0.15) is 11.5 Å². The number of aromatic nitrogens is 4. The Morgan fingerprint density at radius 2 is 1.40 bits per heavy atom. The summed E-state index contributed by atoms with van der Waals surface area (Å²) in [5.74, 6) is 1.25. The number of phenolic OH excluding ortho intramolecular Hbond substituents is 2. The molecule has 2 aromatic heterocycles.